The molecule has 7 heteroatoms. The molecule has 1 atom stereocenters. The van der Waals surface area contributed by atoms with E-state index in [9.17, 15) is 9.90 Å². The van der Waals surface area contributed by atoms with Gasteiger partial charge in [-0.2, -0.15) is 0 Å². The van der Waals surface area contributed by atoms with Gasteiger partial charge in [0.1, 0.15) is 11.5 Å². The summed E-state index contributed by atoms with van der Waals surface area (Å²) in [4.78, 5) is 12.4. The van der Waals surface area contributed by atoms with Crippen molar-refractivity contribution in [3.63, 3.8) is 0 Å². The van der Waals surface area contributed by atoms with Gasteiger partial charge in [-0.25, -0.2) is 0 Å². The third-order valence-electron chi connectivity index (χ3n) is 5.29. The largest absolute Gasteiger partial charge is 0.497 e. The SMILES string of the molecule is COc1cccc(OCC(=O)NC(C2CCNCC2)C2CC(O)C2)c1.Cl. The topological polar surface area (TPSA) is 79.8 Å². The Morgan fingerprint density at radius 1 is 1.27 bits per heavy atom. The molecule has 0 spiro atoms. The molecule has 146 valence electrons. The van der Waals surface area contributed by atoms with Gasteiger partial charge in [0, 0.05) is 12.1 Å². The molecule has 2 aliphatic rings. The average molecular weight is 385 g/mol. The van der Waals surface area contributed by atoms with E-state index in [0.717, 1.165) is 38.8 Å². The van der Waals surface area contributed by atoms with E-state index in [4.69, 9.17) is 9.47 Å². The number of hydrogen-bond acceptors (Lipinski definition) is 5. The van der Waals surface area contributed by atoms with E-state index >= 15 is 0 Å². The van der Waals surface area contributed by atoms with E-state index < -0.39 is 0 Å². The highest BCUT2D eigenvalue weighted by Crippen LogP contribution is 2.35. The maximum Gasteiger partial charge on any atom is 0.258 e. The minimum absolute atomic E-state index is 0. The first-order valence-corrected chi connectivity index (χ1v) is 9.10. The second-order valence-electron chi connectivity index (χ2n) is 7.03. The predicted octanol–water partition coefficient (Wildman–Crippen LogP) is 1.75. The van der Waals surface area contributed by atoms with Crippen LogP contribution in [0.25, 0.3) is 0 Å². The van der Waals surface area contributed by atoms with Crippen molar-refractivity contribution >= 4 is 18.3 Å². The lowest BCUT2D eigenvalue weighted by molar-refractivity contribution is -0.125. The number of aliphatic hydroxyl groups is 1. The molecule has 1 unspecified atom stereocenters. The summed E-state index contributed by atoms with van der Waals surface area (Å²) in [7, 11) is 1.60. The Morgan fingerprint density at radius 2 is 1.96 bits per heavy atom. The second kappa shape index (κ2) is 10.00. The fraction of sp³-hybridized carbons (Fsp3) is 0.632. The number of hydrogen-bond donors (Lipinski definition) is 3. The summed E-state index contributed by atoms with van der Waals surface area (Å²) in [6, 6.07) is 7.37. The minimum Gasteiger partial charge on any atom is -0.497 e. The smallest absolute Gasteiger partial charge is 0.258 e. The number of ether oxygens (including phenoxy) is 2. The fourth-order valence-electron chi connectivity index (χ4n) is 3.81. The molecule has 1 amide bonds. The summed E-state index contributed by atoms with van der Waals surface area (Å²) in [5.74, 6) is 2.06. The summed E-state index contributed by atoms with van der Waals surface area (Å²) in [6.45, 7) is 1.98. The van der Waals surface area contributed by atoms with E-state index in [2.05, 4.69) is 10.6 Å². The van der Waals surface area contributed by atoms with Gasteiger partial charge in [0.05, 0.1) is 13.2 Å². The van der Waals surface area contributed by atoms with Crippen LogP contribution in [-0.4, -0.2) is 50.0 Å². The first kappa shape index (κ1) is 20.8. The van der Waals surface area contributed by atoms with Gasteiger partial charge < -0.3 is 25.2 Å². The second-order valence-corrected chi connectivity index (χ2v) is 7.03. The summed E-state index contributed by atoms with van der Waals surface area (Å²) in [5, 5.41) is 16.2. The Balaban J connectivity index is 0.00000243. The standard InChI is InChI=1S/C19H28N2O4.ClH/c1-24-16-3-2-4-17(11-16)25-12-18(23)21-19(14-9-15(22)10-14)13-5-7-20-8-6-13;/h2-4,11,13-15,19-20,22H,5-10,12H2,1H3,(H,21,23);1H. The van der Waals surface area contributed by atoms with Crippen molar-refractivity contribution < 1.29 is 19.4 Å². The lowest BCUT2D eigenvalue weighted by atomic mass is 9.71. The summed E-state index contributed by atoms with van der Waals surface area (Å²) in [5.41, 5.74) is 0. The molecule has 1 aliphatic heterocycles. The monoisotopic (exact) mass is 384 g/mol. The van der Waals surface area contributed by atoms with Gasteiger partial charge in [-0.3, -0.25) is 4.79 Å². The molecule has 3 N–H and O–H groups in total. The number of methoxy groups -OCH3 is 1. The highest BCUT2D eigenvalue weighted by atomic mass is 35.5. The van der Waals surface area contributed by atoms with Crippen molar-refractivity contribution in [2.75, 3.05) is 26.8 Å². The third-order valence-corrected chi connectivity index (χ3v) is 5.29. The van der Waals surface area contributed by atoms with Crippen molar-refractivity contribution in [1.82, 2.24) is 10.6 Å². The van der Waals surface area contributed by atoms with Crippen LogP contribution < -0.4 is 20.1 Å². The van der Waals surface area contributed by atoms with Gasteiger partial charge in [-0.1, -0.05) is 6.07 Å². The number of piperidine rings is 1. The van der Waals surface area contributed by atoms with Crippen LogP contribution in [0.15, 0.2) is 24.3 Å². The van der Waals surface area contributed by atoms with Crippen molar-refractivity contribution in [1.29, 1.82) is 0 Å². The van der Waals surface area contributed by atoms with E-state index in [0.29, 0.717) is 23.3 Å². The maximum atomic E-state index is 12.4. The van der Waals surface area contributed by atoms with E-state index in [1.807, 2.05) is 18.2 Å². The molecule has 6 nitrogen and oxygen atoms in total. The molecule has 1 heterocycles. The molecular weight excluding hydrogens is 356 g/mol. The first-order valence-electron chi connectivity index (χ1n) is 9.10. The Labute approximate surface area is 161 Å². The van der Waals surface area contributed by atoms with Gasteiger partial charge in [-0.15, -0.1) is 12.4 Å². The molecule has 2 fully saturated rings. The van der Waals surface area contributed by atoms with Gasteiger partial charge >= 0.3 is 0 Å². The summed E-state index contributed by atoms with van der Waals surface area (Å²) >= 11 is 0. The molecule has 0 aromatic heterocycles. The van der Waals surface area contributed by atoms with Crippen LogP contribution in [0.2, 0.25) is 0 Å². The van der Waals surface area contributed by atoms with Crippen molar-refractivity contribution in [3.05, 3.63) is 24.3 Å². The number of nitrogens with one attached hydrogen (secondary N) is 2. The zero-order valence-corrected chi connectivity index (χ0v) is 16.0. The molecule has 0 bridgehead atoms. The zero-order valence-electron chi connectivity index (χ0n) is 15.1. The van der Waals surface area contributed by atoms with Crippen molar-refractivity contribution in [3.8, 4) is 11.5 Å². The number of amides is 1. The van der Waals surface area contributed by atoms with E-state index in [1.165, 1.54) is 0 Å². The molecule has 26 heavy (non-hydrogen) atoms. The lowest BCUT2D eigenvalue weighted by Gasteiger charge is -2.43. The Morgan fingerprint density at radius 3 is 2.62 bits per heavy atom. The predicted molar refractivity (Wildman–Crippen MR) is 102 cm³/mol. The van der Waals surface area contributed by atoms with Gasteiger partial charge in [-0.05, 0) is 62.7 Å². The lowest BCUT2D eigenvalue weighted by Crippen LogP contribution is -2.53. The number of aliphatic hydroxyl groups excluding tert-OH is 1. The molecule has 0 radical (unpaired) electrons. The van der Waals surface area contributed by atoms with Crippen LogP contribution in [0.3, 0.4) is 0 Å². The number of benzene rings is 1. The Kier molecular flexibility index (Phi) is 8.00. The molecular formula is C19H29ClN2O4. The summed E-state index contributed by atoms with van der Waals surface area (Å²) in [6.07, 6.45) is 3.49. The molecule has 1 saturated carbocycles. The van der Waals surface area contributed by atoms with Crippen molar-refractivity contribution in [2.24, 2.45) is 11.8 Å². The van der Waals surface area contributed by atoms with Crippen LogP contribution in [0.1, 0.15) is 25.7 Å². The van der Waals surface area contributed by atoms with E-state index in [-0.39, 0.29) is 37.1 Å². The van der Waals surface area contributed by atoms with Gasteiger partial charge in [0.25, 0.3) is 5.91 Å². The summed E-state index contributed by atoms with van der Waals surface area (Å²) < 4.78 is 10.8. The van der Waals surface area contributed by atoms with Crippen LogP contribution in [0.4, 0.5) is 0 Å². The van der Waals surface area contributed by atoms with Gasteiger partial charge in [0.2, 0.25) is 0 Å². The zero-order chi connectivity index (χ0) is 17.6. The molecule has 1 saturated heterocycles. The van der Waals surface area contributed by atoms with Crippen molar-refractivity contribution in [2.45, 2.75) is 37.8 Å². The number of rotatable bonds is 7. The van der Waals surface area contributed by atoms with Crippen LogP contribution in [-0.2, 0) is 4.79 Å². The van der Waals surface area contributed by atoms with Gasteiger partial charge in [0.15, 0.2) is 6.61 Å². The quantitative estimate of drug-likeness (QED) is 0.667. The molecule has 1 aromatic carbocycles. The number of carbonyl (C=O) groups excluding carboxylic acids is 1. The Hall–Kier alpha value is -1.50. The Bertz CT molecular complexity index is 574. The number of carbonyl (C=O) groups is 1. The van der Waals surface area contributed by atoms with Crippen LogP contribution in [0.5, 0.6) is 11.5 Å². The average Bonchev–Trinajstić information content (AvgIpc) is 2.63. The first-order chi connectivity index (χ1) is 12.2. The molecule has 1 aromatic rings. The highest BCUT2D eigenvalue weighted by molar-refractivity contribution is 5.85. The third kappa shape index (κ3) is 5.50. The van der Waals surface area contributed by atoms with E-state index in [1.54, 1.807) is 13.2 Å². The minimum atomic E-state index is -0.209. The molecule has 1 aliphatic carbocycles. The number of halogens is 1. The fourth-order valence-corrected chi connectivity index (χ4v) is 3.81. The van der Waals surface area contributed by atoms with Crippen LogP contribution in [0, 0.1) is 11.8 Å². The normalized spacial score (nSPS) is 23.9. The highest BCUT2D eigenvalue weighted by Gasteiger charge is 2.39. The maximum absolute atomic E-state index is 12.4. The molecule has 3 rings (SSSR count). The van der Waals surface area contributed by atoms with Crippen LogP contribution >= 0.6 is 12.4 Å².